The van der Waals surface area contributed by atoms with Crippen molar-refractivity contribution in [1.82, 2.24) is 14.1 Å². The van der Waals surface area contributed by atoms with E-state index in [0.29, 0.717) is 41.4 Å². The van der Waals surface area contributed by atoms with E-state index in [1.807, 2.05) is 20.8 Å². The molecule has 1 saturated carbocycles. The highest BCUT2D eigenvalue weighted by atomic mass is 35.5. The zero-order chi connectivity index (χ0) is 23.6. The van der Waals surface area contributed by atoms with Gasteiger partial charge in [0.1, 0.15) is 6.67 Å². The van der Waals surface area contributed by atoms with Crippen molar-refractivity contribution in [3.63, 3.8) is 0 Å². The summed E-state index contributed by atoms with van der Waals surface area (Å²) in [6.07, 6.45) is 1.91. The van der Waals surface area contributed by atoms with Crippen LogP contribution in [-0.4, -0.2) is 59.9 Å². The fraction of sp³-hybridized carbons (Fsp3) is 0.458. The van der Waals surface area contributed by atoms with Crippen LogP contribution in [0.5, 0.6) is 0 Å². The van der Waals surface area contributed by atoms with E-state index in [4.69, 9.17) is 11.6 Å². The van der Waals surface area contributed by atoms with Crippen molar-refractivity contribution in [2.75, 3.05) is 31.2 Å². The minimum absolute atomic E-state index is 0.177. The standard InChI is InChI=1S/C24H28ClFN4O2S/c1-17-7-9-18(10-8-17)33(31,32)30-20-6-4-5-19(25)21(20)22(27-30)29-14-13-28(23(2,3)15-26)16-24(29)11-12-24/h4-10H,11-16H2,1-3H3. The molecule has 0 unspecified atom stereocenters. The van der Waals surface area contributed by atoms with E-state index in [1.54, 1.807) is 42.5 Å². The molecule has 1 aliphatic carbocycles. The van der Waals surface area contributed by atoms with E-state index in [0.717, 1.165) is 22.5 Å². The van der Waals surface area contributed by atoms with Gasteiger partial charge < -0.3 is 4.90 Å². The first-order valence-electron chi connectivity index (χ1n) is 11.2. The topological polar surface area (TPSA) is 58.4 Å². The number of nitrogens with zero attached hydrogens (tertiary/aromatic N) is 4. The molecule has 0 amide bonds. The van der Waals surface area contributed by atoms with Gasteiger partial charge in [-0.25, -0.2) is 4.39 Å². The van der Waals surface area contributed by atoms with Crippen LogP contribution in [0.15, 0.2) is 47.4 Å². The van der Waals surface area contributed by atoms with Crippen molar-refractivity contribution >= 4 is 38.3 Å². The summed E-state index contributed by atoms with van der Waals surface area (Å²) in [7, 11) is -3.91. The van der Waals surface area contributed by atoms with Gasteiger partial charge in [-0.1, -0.05) is 35.4 Å². The third-order valence-corrected chi connectivity index (χ3v) is 8.99. The Morgan fingerprint density at radius 2 is 1.82 bits per heavy atom. The summed E-state index contributed by atoms with van der Waals surface area (Å²) in [6.45, 7) is 7.36. The molecule has 1 aliphatic heterocycles. The van der Waals surface area contributed by atoms with Crippen LogP contribution in [0.2, 0.25) is 5.02 Å². The van der Waals surface area contributed by atoms with Crippen LogP contribution in [0, 0.1) is 6.92 Å². The maximum absolute atomic E-state index is 13.7. The number of aromatic nitrogens is 2. The van der Waals surface area contributed by atoms with Gasteiger partial charge in [0.05, 0.1) is 26.4 Å². The van der Waals surface area contributed by atoms with Gasteiger partial charge in [0.25, 0.3) is 10.0 Å². The lowest BCUT2D eigenvalue weighted by atomic mass is 9.99. The van der Waals surface area contributed by atoms with Gasteiger partial charge in [0, 0.05) is 25.2 Å². The molecule has 6 nitrogen and oxygen atoms in total. The van der Waals surface area contributed by atoms with E-state index in [-0.39, 0.29) is 10.4 Å². The number of halogens is 2. The van der Waals surface area contributed by atoms with Crippen molar-refractivity contribution in [3.8, 4) is 0 Å². The number of aryl methyl sites for hydroxylation is 1. The van der Waals surface area contributed by atoms with Crippen LogP contribution in [0.3, 0.4) is 0 Å². The molecule has 2 aromatic carbocycles. The molecule has 2 fully saturated rings. The lowest BCUT2D eigenvalue weighted by Crippen LogP contribution is -2.61. The second kappa shape index (κ2) is 7.68. The van der Waals surface area contributed by atoms with Crippen LogP contribution in [0.25, 0.3) is 10.9 Å². The maximum Gasteiger partial charge on any atom is 0.283 e. The Hall–Kier alpha value is -2.16. The number of anilines is 1. The summed E-state index contributed by atoms with van der Waals surface area (Å²) in [4.78, 5) is 4.58. The molecule has 1 spiro atoms. The predicted molar refractivity (Wildman–Crippen MR) is 129 cm³/mol. The number of benzene rings is 2. The van der Waals surface area contributed by atoms with Crippen molar-refractivity contribution in [1.29, 1.82) is 0 Å². The average molecular weight is 491 g/mol. The van der Waals surface area contributed by atoms with Gasteiger partial charge in [0.15, 0.2) is 5.82 Å². The third-order valence-electron chi connectivity index (χ3n) is 7.07. The van der Waals surface area contributed by atoms with Crippen LogP contribution in [0.1, 0.15) is 32.3 Å². The Morgan fingerprint density at radius 3 is 2.45 bits per heavy atom. The number of rotatable bonds is 5. The quantitative estimate of drug-likeness (QED) is 0.521. The molecule has 9 heteroatoms. The molecular formula is C24H28ClFN4O2S. The SMILES string of the molecule is Cc1ccc(S(=O)(=O)n2nc(N3CCN(C(C)(C)CF)CC34CC4)c3c(Cl)cccc32)cc1. The molecule has 0 radical (unpaired) electrons. The molecule has 2 heterocycles. The Morgan fingerprint density at radius 1 is 1.12 bits per heavy atom. The Labute approximate surface area is 199 Å². The van der Waals surface area contributed by atoms with Crippen molar-refractivity contribution in [3.05, 3.63) is 53.1 Å². The van der Waals surface area contributed by atoms with Crippen molar-refractivity contribution < 1.29 is 12.8 Å². The molecule has 1 saturated heterocycles. The predicted octanol–water partition coefficient (Wildman–Crippen LogP) is 4.64. The summed E-state index contributed by atoms with van der Waals surface area (Å²) in [5, 5.41) is 5.77. The molecule has 0 N–H and O–H groups in total. The first-order chi connectivity index (χ1) is 15.6. The number of fused-ring (bicyclic) bond motifs is 1. The van der Waals surface area contributed by atoms with E-state index >= 15 is 0 Å². The lowest BCUT2D eigenvalue weighted by molar-refractivity contribution is 0.0669. The van der Waals surface area contributed by atoms with Gasteiger partial charge in [0.2, 0.25) is 0 Å². The monoisotopic (exact) mass is 490 g/mol. The summed E-state index contributed by atoms with van der Waals surface area (Å²) in [5.41, 5.74) is 0.729. The fourth-order valence-electron chi connectivity index (χ4n) is 4.75. The molecule has 33 heavy (non-hydrogen) atoms. The molecule has 2 aliphatic rings. The molecule has 0 atom stereocenters. The van der Waals surface area contributed by atoms with E-state index < -0.39 is 22.2 Å². The van der Waals surface area contributed by atoms with Gasteiger partial charge in [-0.15, -0.1) is 5.10 Å². The van der Waals surface area contributed by atoms with Crippen LogP contribution in [0.4, 0.5) is 10.2 Å². The van der Waals surface area contributed by atoms with E-state index in [9.17, 15) is 12.8 Å². The van der Waals surface area contributed by atoms with Crippen molar-refractivity contribution in [2.45, 2.75) is 49.6 Å². The third kappa shape index (κ3) is 3.63. The van der Waals surface area contributed by atoms with Crippen LogP contribution < -0.4 is 4.90 Å². The smallest absolute Gasteiger partial charge is 0.283 e. The highest BCUT2D eigenvalue weighted by Crippen LogP contribution is 2.49. The Bertz CT molecular complexity index is 1320. The van der Waals surface area contributed by atoms with Gasteiger partial charge >= 0.3 is 0 Å². The van der Waals surface area contributed by atoms with E-state index in [1.165, 1.54) is 0 Å². The Balaban J connectivity index is 1.62. The van der Waals surface area contributed by atoms with E-state index in [2.05, 4.69) is 14.9 Å². The second-order valence-electron chi connectivity index (χ2n) is 9.86. The number of hydrogen-bond acceptors (Lipinski definition) is 5. The molecular weight excluding hydrogens is 463 g/mol. The minimum atomic E-state index is -3.91. The molecule has 0 bridgehead atoms. The van der Waals surface area contributed by atoms with Gasteiger partial charge in [-0.3, -0.25) is 4.90 Å². The number of alkyl halides is 1. The first kappa shape index (κ1) is 22.6. The summed E-state index contributed by atoms with van der Waals surface area (Å²) >= 11 is 6.61. The molecule has 5 rings (SSSR count). The van der Waals surface area contributed by atoms with Gasteiger partial charge in [-0.05, 0) is 57.9 Å². The molecule has 3 aromatic rings. The van der Waals surface area contributed by atoms with Gasteiger partial charge in [-0.2, -0.15) is 12.5 Å². The molecule has 1 aromatic heterocycles. The number of hydrogen-bond donors (Lipinski definition) is 0. The number of piperazine rings is 1. The maximum atomic E-state index is 13.7. The second-order valence-corrected chi connectivity index (χ2v) is 12.0. The summed E-state index contributed by atoms with van der Waals surface area (Å²) < 4.78 is 41.9. The zero-order valence-corrected chi connectivity index (χ0v) is 20.6. The normalized spacial score (nSPS) is 18.9. The lowest BCUT2D eigenvalue weighted by Gasteiger charge is -2.48. The molecule has 176 valence electrons. The van der Waals surface area contributed by atoms with Crippen LogP contribution >= 0.6 is 11.6 Å². The highest BCUT2D eigenvalue weighted by molar-refractivity contribution is 7.90. The fourth-order valence-corrected chi connectivity index (χ4v) is 6.28. The largest absolute Gasteiger partial charge is 0.346 e. The Kier molecular flexibility index (Phi) is 5.27. The average Bonchev–Trinajstić information content (AvgIpc) is 3.42. The van der Waals surface area contributed by atoms with Crippen LogP contribution in [-0.2, 0) is 10.0 Å². The summed E-state index contributed by atoms with van der Waals surface area (Å²) in [6, 6.07) is 12.0. The highest BCUT2D eigenvalue weighted by Gasteiger charge is 2.54. The first-order valence-corrected chi connectivity index (χ1v) is 13.0. The zero-order valence-electron chi connectivity index (χ0n) is 19.1. The minimum Gasteiger partial charge on any atom is -0.346 e. The summed E-state index contributed by atoms with van der Waals surface area (Å²) in [5.74, 6) is 0.585. The van der Waals surface area contributed by atoms with Crippen molar-refractivity contribution in [2.24, 2.45) is 0 Å².